The molecule has 0 saturated carbocycles. The van der Waals surface area contributed by atoms with Gasteiger partial charge in [-0.3, -0.25) is 0 Å². The van der Waals surface area contributed by atoms with E-state index in [9.17, 15) is 9.18 Å². The van der Waals surface area contributed by atoms with Gasteiger partial charge in [0.25, 0.3) is 0 Å². The van der Waals surface area contributed by atoms with Gasteiger partial charge in [-0.2, -0.15) is 5.26 Å². The zero-order chi connectivity index (χ0) is 12.4. The number of aromatic nitrogens is 1. The second-order valence-corrected chi connectivity index (χ2v) is 3.47. The van der Waals surface area contributed by atoms with Crippen LogP contribution in [0.3, 0.4) is 0 Å². The van der Waals surface area contributed by atoms with Crippen molar-refractivity contribution in [2.24, 2.45) is 0 Å². The smallest absolute Gasteiger partial charge is 0.354 e. The highest BCUT2D eigenvalue weighted by Gasteiger charge is 2.16. The van der Waals surface area contributed by atoms with Crippen LogP contribution in [0.1, 0.15) is 10.5 Å². The number of ether oxygens (including phenoxy) is 1. The molecule has 0 amide bonds. The van der Waals surface area contributed by atoms with Gasteiger partial charge in [0.05, 0.1) is 18.7 Å². The standard InChI is InChI=1S/C12H9FN2O2/c1-17-12(16)11-6-8-2-3-9(13)7-10(8)15(11)5-4-14/h2-3,6-7H,5H2,1H3. The van der Waals surface area contributed by atoms with Crippen LogP contribution in [0.25, 0.3) is 10.9 Å². The molecule has 0 radical (unpaired) electrons. The molecule has 17 heavy (non-hydrogen) atoms. The monoisotopic (exact) mass is 232 g/mol. The second kappa shape index (κ2) is 4.26. The predicted molar refractivity (Wildman–Crippen MR) is 58.8 cm³/mol. The Morgan fingerprint density at radius 1 is 1.53 bits per heavy atom. The highest BCUT2D eigenvalue weighted by molar-refractivity contribution is 5.95. The van der Waals surface area contributed by atoms with Gasteiger partial charge >= 0.3 is 5.97 Å². The first-order chi connectivity index (χ1) is 8.17. The SMILES string of the molecule is COC(=O)c1cc2ccc(F)cc2n1CC#N. The molecule has 0 spiro atoms. The summed E-state index contributed by atoms with van der Waals surface area (Å²) in [5.41, 5.74) is 0.751. The number of hydrogen-bond donors (Lipinski definition) is 0. The molecule has 0 unspecified atom stereocenters. The Morgan fingerprint density at radius 3 is 2.94 bits per heavy atom. The fourth-order valence-electron chi connectivity index (χ4n) is 1.74. The fourth-order valence-corrected chi connectivity index (χ4v) is 1.74. The minimum atomic E-state index is -0.545. The van der Waals surface area contributed by atoms with Crippen LogP contribution in [0.15, 0.2) is 24.3 Å². The van der Waals surface area contributed by atoms with Gasteiger partial charge in [-0.15, -0.1) is 0 Å². The zero-order valence-electron chi connectivity index (χ0n) is 9.11. The Labute approximate surface area is 96.8 Å². The van der Waals surface area contributed by atoms with Gasteiger partial charge in [0, 0.05) is 5.39 Å². The largest absolute Gasteiger partial charge is 0.464 e. The number of nitriles is 1. The maximum absolute atomic E-state index is 13.1. The first-order valence-electron chi connectivity index (χ1n) is 4.91. The first-order valence-corrected chi connectivity index (χ1v) is 4.91. The van der Waals surface area contributed by atoms with Crippen molar-refractivity contribution in [1.82, 2.24) is 4.57 Å². The van der Waals surface area contributed by atoms with Gasteiger partial charge < -0.3 is 9.30 Å². The number of benzene rings is 1. The van der Waals surface area contributed by atoms with Crippen molar-refractivity contribution in [3.05, 3.63) is 35.8 Å². The van der Waals surface area contributed by atoms with Crippen LogP contribution in [-0.4, -0.2) is 17.6 Å². The Bertz CT molecular complexity index is 625. The molecule has 2 aromatic rings. The van der Waals surface area contributed by atoms with Crippen LogP contribution in [0.2, 0.25) is 0 Å². The van der Waals surface area contributed by atoms with Crippen molar-refractivity contribution in [3.63, 3.8) is 0 Å². The molecule has 0 saturated heterocycles. The number of carbonyl (C=O) groups is 1. The van der Waals surface area contributed by atoms with Crippen LogP contribution in [0, 0.1) is 17.1 Å². The number of fused-ring (bicyclic) bond motifs is 1. The zero-order valence-corrected chi connectivity index (χ0v) is 9.11. The Kier molecular flexibility index (Phi) is 2.79. The van der Waals surface area contributed by atoms with E-state index in [0.29, 0.717) is 10.9 Å². The lowest BCUT2D eigenvalue weighted by atomic mass is 10.2. The Hall–Kier alpha value is -2.35. The van der Waals surface area contributed by atoms with Crippen molar-refractivity contribution < 1.29 is 13.9 Å². The average Bonchev–Trinajstić information content (AvgIpc) is 2.67. The lowest BCUT2D eigenvalue weighted by Gasteiger charge is -2.04. The molecule has 0 aliphatic carbocycles. The number of hydrogen-bond acceptors (Lipinski definition) is 3. The maximum Gasteiger partial charge on any atom is 0.354 e. The van der Waals surface area contributed by atoms with Gasteiger partial charge in [-0.05, 0) is 24.3 Å². The normalized spacial score (nSPS) is 10.2. The van der Waals surface area contributed by atoms with E-state index in [2.05, 4.69) is 4.74 Å². The van der Waals surface area contributed by atoms with E-state index in [4.69, 9.17) is 5.26 Å². The predicted octanol–water partition coefficient (Wildman–Crippen LogP) is 2.09. The summed E-state index contributed by atoms with van der Waals surface area (Å²) in [5, 5.41) is 9.43. The second-order valence-electron chi connectivity index (χ2n) is 3.47. The summed E-state index contributed by atoms with van der Waals surface area (Å²) >= 11 is 0. The third kappa shape index (κ3) is 1.85. The van der Waals surface area contributed by atoms with Gasteiger partial charge in [0.2, 0.25) is 0 Å². The van der Waals surface area contributed by atoms with Crippen molar-refractivity contribution in [1.29, 1.82) is 5.26 Å². The summed E-state index contributed by atoms with van der Waals surface area (Å²) in [7, 11) is 1.26. The number of nitrogens with zero attached hydrogens (tertiary/aromatic N) is 2. The molecule has 0 fully saturated rings. The number of rotatable bonds is 2. The quantitative estimate of drug-likeness (QED) is 0.745. The molecule has 5 heteroatoms. The number of halogens is 1. The minimum absolute atomic E-state index is 0.0304. The number of carbonyl (C=O) groups excluding carboxylic acids is 1. The van der Waals surface area contributed by atoms with E-state index < -0.39 is 11.8 Å². The molecular weight excluding hydrogens is 223 g/mol. The van der Waals surface area contributed by atoms with Gasteiger partial charge in [-0.25, -0.2) is 9.18 Å². The first kappa shape index (κ1) is 11.1. The number of esters is 1. The molecule has 0 bridgehead atoms. The summed E-state index contributed by atoms with van der Waals surface area (Å²) in [6.45, 7) is -0.0304. The topological polar surface area (TPSA) is 55.0 Å². The van der Waals surface area contributed by atoms with Crippen molar-refractivity contribution >= 4 is 16.9 Å². The molecule has 86 valence electrons. The fraction of sp³-hybridized carbons (Fsp3) is 0.167. The molecule has 1 heterocycles. The molecular formula is C12H9FN2O2. The third-order valence-electron chi connectivity index (χ3n) is 2.49. The molecule has 1 aromatic heterocycles. The van der Waals surface area contributed by atoms with E-state index in [1.165, 1.54) is 23.8 Å². The molecule has 0 atom stereocenters. The van der Waals surface area contributed by atoms with Gasteiger partial charge in [0.1, 0.15) is 18.1 Å². The van der Waals surface area contributed by atoms with Crippen LogP contribution >= 0.6 is 0 Å². The summed E-state index contributed by atoms with van der Waals surface area (Å²) in [5.74, 6) is -0.955. The molecule has 0 N–H and O–H groups in total. The van der Waals surface area contributed by atoms with Crippen LogP contribution < -0.4 is 0 Å². The molecule has 4 nitrogen and oxygen atoms in total. The van der Waals surface area contributed by atoms with E-state index in [0.717, 1.165) is 0 Å². The maximum atomic E-state index is 13.1. The molecule has 1 aromatic carbocycles. The lowest BCUT2D eigenvalue weighted by Crippen LogP contribution is -2.09. The third-order valence-corrected chi connectivity index (χ3v) is 2.49. The van der Waals surface area contributed by atoms with Crippen LogP contribution in [0.4, 0.5) is 4.39 Å². The summed E-state index contributed by atoms with van der Waals surface area (Å²) in [6.07, 6.45) is 0. The van der Waals surface area contributed by atoms with E-state index in [1.54, 1.807) is 12.1 Å². The van der Waals surface area contributed by atoms with E-state index in [-0.39, 0.29) is 12.2 Å². The minimum Gasteiger partial charge on any atom is -0.464 e. The average molecular weight is 232 g/mol. The lowest BCUT2D eigenvalue weighted by molar-refractivity contribution is 0.0590. The van der Waals surface area contributed by atoms with Crippen molar-refractivity contribution in [3.8, 4) is 6.07 Å². The van der Waals surface area contributed by atoms with Gasteiger partial charge in [-0.1, -0.05) is 0 Å². The summed E-state index contributed by atoms with van der Waals surface area (Å²) in [6, 6.07) is 7.67. The Balaban J connectivity index is 2.72. The summed E-state index contributed by atoms with van der Waals surface area (Å²) < 4.78 is 19.2. The molecule has 0 aliphatic heterocycles. The molecule has 0 aliphatic rings. The van der Waals surface area contributed by atoms with E-state index in [1.807, 2.05) is 6.07 Å². The van der Waals surface area contributed by atoms with E-state index >= 15 is 0 Å². The Morgan fingerprint density at radius 2 is 2.29 bits per heavy atom. The highest BCUT2D eigenvalue weighted by atomic mass is 19.1. The van der Waals surface area contributed by atoms with Crippen molar-refractivity contribution in [2.45, 2.75) is 6.54 Å². The van der Waals surface area contributed by atoms with Crippen LogP contribution in [-0.2, 0) is 11.3 Å². The highest BCUT2D eigenvalue weighted by Crippen LogP contribution is 2.21. The molecule has 2 rings (SSSR count). The number of methoxy groups -OCH3 is 1. The summed E-state index contributed by atoms with van der Waals surface area (Å²) in [4.78, 5) is 11.5. The van der Waals surface area contributed by atoms with Gasteiger partial charge in [0.15, 0.2) is 0 Å². The van der Waals surface area contributed by atoms with Crippen molar-refractivity contribution in [2.75, 3.05) is 7.11 Å². The van der Waals surface area contributed by atoms with Crippen LogP contribution in [0.5, 0.6) is 0 Å².